The number of nitrogens with zero attached hydrogens (tertiary/aromatic N) is 3. The summed E-state index contributed by atoms with van der Waals surface area (Å²) >= 11 is 0. The SMILES string of the molecule is O=C(c1cccn1C1CC1)N1C[C@H](O)[C@@H](N2CCCCC2)C1. The number of aromatic nitrogens is 1. The Kier molecular flexibility index (Phi) is 3.70. The van der Waals surface area contributed by atoms with Gasteiger partial charge in [-0.1, -0.05) is 6.42 Å². The van der Waals surface area contributed by atoms with E-state index < -0.39 is 6.10 Å². The standard InChI is InChI=1S/C17H25N3O2/c21-16-12-19(11-15(16)18-8-2-1-3-9-18)17(22)14-5-4-10-20(14)13-6-7-13/h4-5,10,13,15-16,21H,1-3,6-9,11-12H2/t15-,16-/m0/s1. The summed E-state index contributed by atoms with van der Waals surface area (Å²) < 4.78 is 2.11. The van der Waals surface area contributed by atoms with Crippen LogP contribution in [0.15, 0.2) is 18.3 Å². The molecule has 3 fully saturated rings. The monoisotopic (exact) mass is 303 g/mol. The Morgan fingerprint density at radius 2 is 1.91 bits per heavy atom. The summed E-state index contributed by atoms with van der Waals surface area (Å²) in [5, 5.41) is 10.4. The lowest BCUT2D eigenvalue weighted by Gasteiger charge is -2.33. The Labute approximate surface area is 131 Å². The Morgan fingerprint density at radius 3 is 2.64 bits per heavy atom. The maximum absolute atomic E-state index is 12.8. The van der Waals surface area contributed by atoms with E-state index in [0.29, 0.717) is 19.1 Å². The minimum atomic E-state index is -0.411. The first-order chi connectivity index (χ1) is 10.7. The third-order valence-corrected chi connectivity index (χ3v) is 5.34. The molecular formula is C17H25N3O2. The van der Waals surface area contributed by atoms with Crippen LogP contribution >= 0.6 is 0 Å². The van der Waals surface area contributed by atoms with Crippen molar-refractivity contribution in [3.8, 4) is 0 Å². The van der Waals surface area contributed by atoms with E-state index in [0.717, 1.165) is 18.8 Å². The lowest BCUT2D eigenvalue weighted by Crippen LogP contribution is -2.46. The molecule has 1 saturated carbocycles. The fourth-order valence-corrected chi connectivity index (χ4v) is 3.95. The molecule has 1 amide bonds. The Bertz CT molecular complexity index is 546. The van der Waals surface area contributed by atoms with Gasteiger partial charge in [0.25, 0.3) is 5.91 Å². The number of aliphatic hydroxyl groups is 1. The van der Waals surface area contributed by atoms with Gasteiger partial charge in [0.2, 0.25) is 0 Å². The number of likely N-dealkylation sites (tertiary alicyclic amines) is 2. The first-order valence-corrected chi connectivity index (χ1v) is 8.62. The molecule has 3 aliphatic rings. The van der Waals surface area contributed by atoms with Crippen LogP contribution in [0, 0.1) is 0 Å². The van der Waals surface area contributed by atoms with Crippen molar-refractivity contribution in [2.24, 2.45) is 0 Å². The topological polar surface area (TPSA) is 48.7 Å². The quantitative estimate of drug-likeness (QED) is 0.920. The Hall–Kier alpha value is -1.33. The lowest BCUT2D eigenvalue weighted by molar-refractivity contribution is 0.0702. The minimum Gasteiger partial charge on any atom is -0.390 e. The van der Waals surface area contributed by atoms with E-state index in [2.05, 4.69) is 9.47 Å². The molecule has 1 aromatic rings. The number of rotatable bonds is 3. The summed E-state index contributed by atoms with van der Waals surface area (Å²) in [6.07, 6.45) is 7.66. The first-order valence-electron chi connectivity index (χ1n) is 8.62. The van der Waals surface area contributed by atoms with Gasteiger partial charge in [-0.2, -0.15) is 0 Å². The number of carbonyl (C=O) groups excluding carboxylic acids is 1. The average molecular weight is 303 g/mol. The summed E-state index contributed by atoms with van der Waals surface area (Å²) in [4.78, 5) is 17.0. The number of hydrogen-bond donors (Lipinski definition) is 1. The summed E-state index contributed by atoms with van der Waals surface area (Å²) in [5.41, 5.74) is 0.786. The molecule has 120 valence electrons. The Balaban J connectivity index is 1.46. The number of β-amino-alcohol motifs (C(OH)–C–C–N with tert-alkyl or cyclic N) is 1. The molecule has 1 aliphatic carbocycles. The molecule has 0 radical (unpaired) electrons. The molecule has 1 aromatic heterocycles. The second kappa shape index (κ2) is 5.70. The van der Waals surface area contributed by atoms with E-state index in [1.54, 1.807) is 0 Å². The van der Waals surface area contributed by atoms with Crippen LogP contribution in [0.5, 0.6) is 0 Å². The van der Waals surface area contributed by atoms with Crippen molar-refractivity contribution in [2.45, 2.75) is 50.3 Å². The molecule has 2 atom stereocenters. The van der Waals surface area contributed by atoms with Gasteiger partial charge in [-0.25, -0.2) is 0 Å². The summed E-state index contributed by atoms with van der Waals surface area (Å²) in [6.45, 7) is 3.25. The normalized spacial score (nSPS) is 30.0. The van der Waals surface area contributed by atoms with E-state index in [1.165, 1.54) is 32.1 Å². The molecule has 5 nitrogen and oxygen atoms in total. The first kappa shape index (κ1) is 14.3. The molecule has 4 rings (SSSR count). The second-order valence-corrected chi connectivity index (χ2v) is 6.97. The van der Waals surface area contributed by atoms with E-state index in [1.807, 2.05) is 23.2 Å². The highest BCUT2D eigenvalue weighted by molar-refractivity contribution is 5.93. The third kappa shape index (κ3) is 2.57. The van der Waals surface area contributed by atoms with Crippen LogP contribution < -0.4 is 0 Å². The van der Waals surface area contributed by atoms with Crippen LogP contribution in [0.2, 0.25) is 0 Å². The van der Waals surface area contributed by atoms with Gasteiger partial charge in [0.1, 0.15) is 5.69 Å². The molecule has 0 aromatic carbocycles. The number of hydrogen-bond acceptors (Lipinski definition) is 3. The number of amides is 1. The van der Waals surface area contributed by atoms with Gasteiger partial charge in [0.05, 0.1) is 12.1 Å². The van der Waals surface area contributed by atoms with Crippen molar-refractivity contribution in [2.75, 3.05) is 26.2 Å². The van der Waals surface area contributed by atoms with Gasteiger partial charge in [0.15, 0.2) is 0 Å². The van der Waals surface area contributed by atoms with Crippen LogP contribution in [0.25, 0.3) is 0 Å². The molecule has 0 spiro atoms. The fourth-order valence-electron chi connectivity index (χ4n) is 3.95. The highest BCUT2D eigenvalue weighted by Crippen LogP contribution is 2.36. The van der Waals surface area contributed by atoms with E-state index >= 15 is 0 Å². The summed E-state index contributed by atoms with van der Waals surface area (Å²) in [6, 6.07) is 4.51. The number of piperidine rings is 1. The van der Waals surface area contributed by atoms with Gasteiger partial charge in [-0.05, 0) is 50.9 Å². The molecule has 1 N–H and O–H groups in total. The van der Waals surface area contributed by atoms with Gasteiger partial charge in [0, 0.05) is 25.3 Å². The van der Waals surface area contributed by atoms with Crippen LogP contribution in [-0.4, -0.2) is 63.7 Å². The minimum absolute atomic E-state index is 0.0791. The highest BCUT2D eigenvalue weighted by atomic mass is 16.3. The van der Waals surface area contributed by atoms with Crippen LogP contribution in [0.4, 0.5) is 0 Å². The van der Waals surface area contributed by atoms with Crippen LogP contribution in [-0.2, 0) is 0 Å². The molecule has 3 heterocycles. The number of carbonyl (C=O) groups is 1. The number of aliphatic hydroxyl groups excluding tert-OH is 1. The van der Waals surface area contributed by atoms with Gasteiger partial charge < -0.3 is 14.6 Å². The van der Waals surface area contributed by atoms with Crippen molar-refractivity contribution < 1.29 is 9.90 Å². The smallest absolute Gasteiger partial charge is 0.270 e. The zero-order valence-corrected chi connectivity index (χ0v) is 13.0. The highest BCUT2D eigenvalue weighted by Gasteiger charge is 2.39. The molecular weight excluding hydrogens is 278 g/mol. The van der Waals surface area contributed by atoms with E-state index in [-0.39, 0.29) is 11.9 Å². The molecule has 0 bridgehead atoms. The average Bonchev–Trinajstić information content (AvgIpc) is 3.14. The second-order valence-electron chi connectivity index (χ2n) is 6.97. The zero-order valence-electron chi connectivity index (χ0n) is 13.0. The van der Waals surface area contributed by atoms with E-state index in [4.69, 9.17) is 0 Å². The van der Waals surface area contributed by atoms with Crippen LogP contribution in [0.3, 0.4) is 0 Å². The van der Waals surface area contributed by atoms with Gasteiger partial charge in [-0.15, -0.1) is 0 Å². The third-order valence-electron chi connectivity index (χ3n) is 5.34. The zero-order chi connectivity index (χ0) is 15.1. The van der Waals surface area contributed by atoms with Crippen LogP contribution in [0.1, 0.15) is 48.6 Å². The van der Waals surface area contributed by atoms with Gasteiger partial charge in [-0.3, -0.25) is 9.69 Å². The molecule has 5 heteroatoms. The van der Waals surface area contributed by atoms with Crippen molar-refractivity contribution in [3.63, 3.8) is 0 Å². The largest absolute Gasteiger partial charge is 0.390 e. The Morgan fingerprint density at radius 1 is 1.14 bits per heavy atom. The lowest BCUT2D eigenvalue weighted by atomic mass is 10.1. The predicted octanol–water partition coefficient (Wildman–Crippen LogP) is 1.49. The molecule has 2 saturated heterocycles. The van der Waals surface area contributed by atoms with Gasteiger partial charge >= 0.3 is 0 Å². The predicted molar refractivity (Wildman–Crippen MR) is 83.8 cm³/mol. The van der Waals surface area contributed by atoms with E-state index in [9.17, 15) is 9.90 Å². The summed E-state index contributed by atoms with van der Waals surface area (Å²) in [7, 11) is 0. The van der Waals surface area contributed by atoms with Crippen molar-refractivity contribution in [1.29, 1.82) is 0 Å². The maximum atomic E-state index is 12.8. The summed E-state index contributed by atoms with van der Waals surface area (Å²) in [5.74, 6) is 0.0791. The van der Waals surface area contributed by atoms with Crippen molar-refractivity contribution >= 4 is 5.91 Å². The molecule has 22 heavy (non-hydrogen) atoms. The molecule has 0 unspecified atom stereocenters. The van der Waals surface area contributed by atoms with Crippen molar-refractivity contribution in [3.05, 3.63) is 24.0 Å². The fraction of sp³-hybridized carbons (Fsp3) is 0.706. The van der Waals surface area contributed by atoms with Crippen molar-refractivity contribution in [1.82, 2.24) is 14.4 Å². The maximum Gasteiger partial charge on any atom is 0.270 e. The molecule has 2 aliphatic heterocycles.